The van der Waals surface area contributed by atoms with E-state index in [0.29, 0.717) is 0 Å². The van der Waals surface area contributed by atoms with Crippen LogP contribution in [0.4, 0.5) is 0 Å². The molecule has 0 aromatic carbocycles. The number of nitrogens with zero attached hydrogens (tertiary/aromatic N) is 2. The summed E-state index contributed by atoms with van der Waals surface area (Å²) in [6, 6.07) is 0. The zero-order valence-electron chi connectivity index (χ0n) is 15.2. The van der Waals surface area contributed by atoms with Crippen LogP contribution in [0.15, 0.2) is 0 Å². The topological polar surface area (TPSA) is 46.9 Å². The Labute approximate surface area is 137 Å². The van der Waals surface area contributed by atoms with Crippen molar-refractivity contribution in [3.63, 3.8) is 0 Å². The summed E-state index contributed by atoms with van der Waals surface area (Å²) in [4.78, 5) is 4.88. The molecule has 0 aromatic rings. The van der Waals surface area contributed by atoms with Gasteiger partial charge in [-0.1, -0.05) is 27.7 Å². The smallest absolute Gasteiger partial charge is 0.0564 e. The van der Waals surface area contributed by atoms with E-state index in [1.54, 1.807) is 0 Å². The molecule has 0 bridgehead atoms. The molecular formula is C18H38N2O2. The van der Waals surface area contributed by atoms with E-state index in [2.05, 4.69) is 37.5 Å². The second-order valence-corrected chi connectivity index (χ2v) is 7.85. The molecule has 0 radical (unpaired) electrons. The predicted molar refractivity (Wildman–Crippen MR) is 93.0 cm³/mol. The van der Waals surface area contributed by atoms with Gasteiger partial charge in [0.15, 0.2) is 0 Å². The largest absolute Gasteiger partial charge is 0.393 e. The summed E-state index contributed by atoms with van der Waals surface area (Å²) in [5, 5.41) is 18.5. The number of rotatable bonds is 4. The summed E-state index contributed by atoms with van der Waals surface area (Å²) >= 11 is 0. The van der Waals surface area contributed by atoms with Crippen molar-refractivity contribution in [2.45, 2.75) is 65.6 Å². The van der Waals surface area contributed by atoms with Gasteiger partial charge in [0.1, 0.15) is 0 Å². The normalized spacial score (nSPS) is 22.9. The lowest BCUT2D eigenvalue weighted by Crippen LogP contribution is -2.37. The first-order valence-electron chi connectivity index (χ1n) is 9.17. The van der Waals surface area contributed by atoms with Crippen molar-refractivity contribution in [2.24, 2.45) is 11.8 Å². The highest BCUT2D eigenvalue weighted by atomic mass is 16.3. The van der Waals surface area contributed by atoms with Crippen molar-refractivity contribution >= 4 is 0 Å². The van der Waals surface area contributed by atoms with Gasteiger partial charge >= 0.3 is 0 Å². The van der Waals surface area contributed by atoms with Gasteiger partial charge in [-0.2, -0.15) is 0 Å². The van der Waals surface area contributed by atoms with Crippen LogP contribution < -0.4 is 0 Å². The second kappa shape index (κ2) is 10.6. The highest BCUT2D eigenvalue weighted by molar-refractivity contribution is 4.72. The molecule has 4 nitrogen and oxygen atoms in total. The first-order chi connectivity index (χ1) is 10.4. The molecule has 132 valence electrons. The molecule has 2 heterocycles. The Morgan fingerprint density at radius 1 is 0.682 bits per heavy atom. The summed E-state index contributed by atoms with van der Waals surface area (Å²) in [5.41, 5.74) is 0. The summed E-state index contributed by atoms with van der Waals surface area (Å²) in [5.74, 6) is 1.51. The van der Waals surface area contributed by atoms with Crippen molar-refractivity contribution in [1.29, 1.82) is 0 Å². The number of aliphatic hydroxyl groups is 2. The molecule has 2 fully saturated rings. The quantitative estimate of drug-likeness (QED) is 0.835. The van der Waals surface area contributed by atoms with Gasteiger partial charge in [-0.15, -0.1) is 0 Å². The molecule has 2 saturated heterocycles. The first-order valence-corrected chi connectivity index (χ1v) is 9.17. The fourth-order valence-electron chi connectivity index (χ4n) is 3.24. The van der Waals surface area contributed by atoms with Crippen LogP contribution in [0.2, 0.25) is 0 Å². The minimum absolute atomic E-state index is 0.0292. The molecule has 2 rings (SSSR count). The number of hydrogen-bond acceptors (Lipinski definition) is 4. The van der Waals surface area contributed by atoms with Gasteiger partial charge in [0.05, 0.1) is 12.2 Å². The van der Waals surface area contributed by atoms with Crippen molar-refractivity contribution in [3.8, 4) is 0 Å². The summed E-state index contributed by atoms with van der Waals surface area (Å²) in [6.07, 6.45) is 3.80. The van der Waals surface area contributed by atoms with E-state index in [-0.39, 0.29) is 12.2 Å². The fourth-order valence-corrected chi connectivity index (χ4v) is 3.24. The number of likely N-dealkylation sites (tertiary alicyclic amines) is 2. The van der Waals surface area contributed by atoms with Crippen LogP contribution >= 0.6 is 0 Å². The molecule has 0 saturated carbocycles. The van der Waals surface area contributed by atoms with Gasteiger partial charge in [-0.3, -0.25) is 0 Å². The lowest BCUT2D eigenvalue weighted by atomic mass is 10.1. The molecule has 2 aliphatic rings. The van der Waals surface area contributed by atoms with Crippen molar-refractivity contribution in [3.05, 3.63) is 0 Å². The van der Waals surface area contributed by atoms with E-state index in [4.69, 9.17) is 0 Å². The Hall–Kier alpha value is -0.160. The monoisotopic (exact) mass is 314 g/mol. The van der Waals surface area contributed by atoms with Crippen molar-refractivity contribution < 1.29 is 10.2 Å². The third kappa shape index (κ3) is 9.09. The molecule has 0 atom stereocenters. The van der Waals surface area contributed by atoms with Gasteiger partial charge in [0, 0.05) is 39.3 Å². The maximum Gasteiger partial charge on any atom is 0.0564 e. The minimum atomic E-state index is -0.0292. The zero-order chi connectivity index (χ0) is 16.5. The fraction of sp³-hybridized carbons (Fsp3) is 1.00. The molecule has 2 N–H and O–H groups in total. The Balaban J connectivity index is 0.000000220. The van der Waals surface area contributed by atoms with E-state index < -0.39 is 0 Å². The van der Waals surface area contributed by atoms with E-state index in [1.165, 1.54) is 13.1 Å². The van der Waals surface area contributed by atoms with Crippen LogP contribution in [0.1, 0.15) is 53.4 Å². The summed E-state index contributed by atoms with van der Waals surface area (Å²) in [6.45, 7) is 15.7. The molecule has 0 aromatic heterocycles. The highest BCUT2D eigenvalue weighted by Gasteiger charge is 2.17. The zero-order valence-corrected chi connectivity index (χ0v) is 15.2. The Kier molecular flexibility index (Phi) is 9.57. The molecule has 2 aliphatic heterocycles. The molecule has 0 unspecified atom stereocenters. The second-order valence-electron chi connectivity index (χ2n) is 7.85. The highest BCUT2D eigenvalue weighted by Crippen LogP contribution is 2.12. The van der Waals surface area contributed by atoms with E-state index in [1.807, 2.05) is 0 Å². The van der Waals surface area contributed by atoms with Crippen LogP contribution in [0.25, 0.3) is 0 Å². The van der Waals surface area contributed by atoms with Crippen LogP contribution in [0, 0.1) is 11.8 Å². The number of piperidine rings is 2. The molecule has 22 heavy (non-hydrogen) atoms. The first kappa shape index (κ1) is 19.9. The Morgan fingerprint density at radius 3 is 1.18 bits per heavy atom. The maximum atomic E-state index is 9.23. The van der Waals surface area contributed by atoms with E-state index >= 15 is 0 Å². The van der Waals surface area contributed by atoms with E-state index in [9.17, 15) is 10.2 Å². The average molecular weight is 315 g/mol. The van der Waals surface area contributed by atoms with Crippen molar-refractivity contribution in [1.82, 2.24) is 9.80 Å². The molecule has 0 aliphatic carbocycles. The van der Waals surface area contributed by atoms with E-state index in [0.717, 1.165) is 63.7 Å². The van der Waals surface area contributed by atoms with Crippen LogP contribution in [0.3, 0.4) is 0 Å². The molecular weight excluding hydrogens is 276 g/mol. The summed E-state index contributed by atoms with van der Waals surface area (Å²) in [7, 11) is 0. The van der Waals surface area contributed by atoms with Gasteiger partial charge in [0.25, 0.3) is 0 Å². The number of hydrogen-bond donors (Lipinski definition) is 2. The minimum Gasteiger partial charge on any atom is -0.393 e. The standard InChI is InChI=1S/2C9H19NO/c2*1-8(2)7-10-5-3-9(11)4-6-10/h2*8-9,11H,3-7H2,1-2H3. The summed E-state index contributed by atoms with van der Waals surface area (Å²) < 4.78 is 0. The van der Waals surface area contributed by atoms with Crippen LogP contribution in [-0.4, -0.2) is 71.5 Å². The van der Waals surface area contributed by atoms with Crippen molar-refractivity contribution in [2.75, 3.05) is 39.3 Å². The van der Waals surface area contributed by atoms with Gasteiger partial charge in [-0.25, -0.2) is 0 Å². The van der Waals surface area contributed by atoms with Gasteiger partial charge in [-0.05, 0) is 37.5 Å². The SMILES string of the molecule is CC(C)CN1CCC(O)CC1.CC(C)CN1CCC(O)CC1. The van der Waals surface area contributed by atoms with Crippen LogP contribution in [0.5, 0.6) is 0 Å². The van der Waals surface area contributed by atoms with Crippen LogP contribution in [-0.2, 0) is 0 Å². The predicted octanol–water partition coefficient (Wildman–Crippen LogP) is 2.20. The van der Waals surface area contributed by atoms with Gasteiger partial charge in [0.2, 0.25) is 0 Å². The maximum absolute atomic E-state index is 9.23. The lowest BCUT2D eigenvalue weighted by molar-refractivity contribution is 0.0770. The molecule has 0 spiro atoms. The molecule has 0 amide bonds. The molecule has 4 heteroatoms. The lowest BCUT2D eigenvalue weighted by Gasteiger charge is -2.30. The van der Waals surface area contributed by atoms with Gasteiger partial charge < -0.3 is 20.0 Å². The third-order valence-electron chi connectivity index (χ3n) is 4.36. The Morgan fingerprint density at radius 2 is 0.955 bits per heavy atom. The average Bonchev–Trinajstić information content (AvgIpc) is 2.44. The number of aliphatic hydroxyl groups excluding tert-OH is 2. The Bertz CT molecular complexity index is 240. The third-order valence-corrected chi connectivity index (χ3v) is 4.36.